The van der Waals surface area contributed by atoms with Gasteiger partial charge in [-0.25, -0.2) is 15.0 Å². The molecule has 1 saturated heterocycles. The lowest BCUT2D eigenvalue weighted by atomic mass is 10.1. The first-order valence-electron chi connectivity index (χ1n) is 7.78. The van der Waals surface area contributed by atoms with Crippen LogP contribution in [0.1, 0.15) is 19.1 Å². The summed E-state index contributed by atoms with van der Waals surface area (Å²) in [5.41, 5.74) is 6.55. The Hall–Kier alpha value is -2.30. The molecule has 24 heavy (non-hydrogen) atoms. The Balaban J connectivity index is 1.52. The summed E-state index contributed by atoms with van der Waals surface area (Å²) < 4.78 is 7.24. The Bertz CT molecular complexity index is 776. The number of anilines is 1. The molecule has 2 aromatic heterocycles. The highest BCUT2D eigenvalue weighted by molar-refractivity contribution is 5.81. The molecule has 0 spiro atoms. The fraction of sp³-hybridized carbons (Fsp3) is 0.571. The van der Waals surface area contributed by atoms with E-state index in [4.69, 9.17) is 10.5 Å². The van der Waals surface area contributed by atoms with Crippen molar-refractivity contribution in [2.75, 3.05) is 12.3 Å². The standard InChI is InChI=1S/C14H18N6O4/c15-11-8-12(18-4-17-11)20(5-19-8)14-10(22)9(21)7(24-14)3-16-13(23)6-1-2-6/h4-7,9-10,14,21-22H,1-3H2,(H,16,23)(H2,15,17,18)/t7-,9-,10-,14-/m1/s1. The van der Waals surface area contributed by atoms with Gasteiger partial charge in [-0.3, -0.25) is 9.36 Å². The van der Waals surface area contributed by atoms with Gasteiger partial charge in [-0.2, -0.15) is 0 Å². The second kappa shape index (κ2) is 5.65. The molecular weight excluding hydrogens is 316 g/mol. The van der Waals surface area contributed by atoms with Crippen molar-refractivity contribution in [1.82, 2.24) is 24.8 Å². The average molecular weight is 334 g/mol. The van der Waals surface area contributed by atoms with Crippen molar-refractivity contribution < 1.29 is 19.7 Å². The number of imidazole rings is 1. The molecule has 2 aromatic rings. The van der Waals surface area contributed by atoms with Gasteiger partial charge in [0.05, 0.1) is 6.33 Å². The topological polar surface area (TPSA) is 148 Å². The minimum atomic E-state index is -1.18. The van der Waals surface area contributed by atoms with Gasteiger partial charge in [-0.05, 0) is 12.8 Å². The summed E-state index contributed by atoms with van der Waals surface area (Å²) in [7, 11) is 0. The van der Waals surface area contributed by atoms with E-state index in [1.807, 2.05) is 0 Å². The van der Waals surface area contributed by atoms with Gasteiger partial charge in [0.25, 0.3) is 0 Å². The number of rotatable bonds is 4. The molecule has 128 valence electrons. The fourth-order valence-electron chi connectivity index (χ4n) is 2.87. The molecule has 4 rings (SSSR count). The average Bonchev–Trinajstić information content (AvgIpc) is 3.28. The van der Waals surface area contributed by atoms with Crippen LogP contribution in [0, 0.1) is 5.92 Å². The van der Waals surface area contributed by atoms with Crippen molar-refractivity contribution in [2.24, 2.45) is 5.92 Å². The lowest BCUT2D eigenvalue weighted by molar-refractivity contribution is -0.123. The van der Waals surface area contributed by atoms with Gasteiger partial charge in [0, 0.05) is 12.5 Å². The molecule has 4 atom stereocenters. The Morgan fingerprint density at radius 1 is 1.33 bits per heavy atom. The van der Waals surface area contributed by atoms with Crippen LogP contribution in [0.2, 0.25) is 0 Å². The predicted molar refractivity (Wildman–Crippen MR) is 81.4 cm³/mol. The van der Waals surface area contributed by atoms with E-state index in [1.54, 1.807) is 0 Å². The van der Waals surface area contributed by atoms with Crippen LogP contribution >= 0.6 is 0 Å². The molecule has 2 fully saturated rings. The summed E-state index contributed by atoms with van der Waals surface area (Å²) in [4.78, 5) is 23.8. The third-order valence-electron chi connectivity index (χ3n) is 4.42. The predicted octanol–water partition coefficient (Wildman–Crippen LogP) is -1.45. The first-order valence-corrected chi connectivity index (χ1v) is 7.78. The number of nitrogens with two attached hydrogens (primary N) is 1. The summed E-state index contributed by atoms with van der Waals surface area (Å²) in [5, 5.41) is 23.3. The van der Waals surface area contributed by atoms with E-state index < -0.39 is 24.5 Å². The van der Waals surface area contributed by atoms with Gasteiger partial charge in [0.1, 0.15) is 30.2 Å². The van der Waals surface area contributed by atoms with Gasteiger partial charge in [-0.15, -0.1) is 0 Å². The highest BCUT2D eigenvalue weighted by atomic mass is 16.6. The fourth-order valence-corrected chi connectivity index (χ4v) is 2.87. The van der Waals surface area contributed by atoms with E-state index in [0.717, 1.165) is 12.8 Å². The van der Waals surface area contributed by atoms with Gasteiger partial charge in [-0.1, -0.05) is 0 Å². The summed E-state index contributed by atoms with van der Waals surface area (Å²) in [6.45, 7) is 0.133. The SMILES string of the molecule is Nc1ncnc2c1ncn2[C@@H]1O[C@H](CNC(=O)C2CC2)[C@@H](O)[C@H]1O. The van der Waals surface area contributed by atoms with Crippen molar-refractivity contribution in [3.05, 3.63) is 12.7 Å². The second-order valence-corrected chi connectivity index (χ2v) is 6.15. The van der Waals surface area contributed by atoms with E-state index in [9.17, 15) is 15.0 Å². The Labute approximate surface area is 136 Å². The van der Waals surface area contributed by atoms with Crippen LogP contribution in [0.5, 0.6) is 0 Å². The maximum atomic E-state index is 11.7. The number of nitrogens with zero attached hydrogens (tertiary/aromatic N) is 4. The van der Waals surface area contributed by atoms with Gasteiger partial charge < -0.3 is 26.0 Å². The number of carbonyl (C=O) groups excluding carboxylic acids is 1. The zero-order chi connectivity index (χ0) is 16.8. The Morgan fingerprint density at radius 2 is 2.12 bits per heavy atom. The molecule has 1 aliphatic heterocycles. The number of fused-ring (bicyclic) bond motifs is 1. The smallest absolute Gasteiger partial charge is 0.223 e. The highest BCUT2D eigenvalue weighted by Crippen LogP contribution is 2.32. The molecule has 2 aliphatic rings. The van der Waals surface area contributed by atoms with Gasteiger partial charge in [0.2, 0.25) is 5.91 Å². The molecular formula is C14H18N6O4. The molecule has 3 heterocycles. The van der Waals surface area contributed by atoms with Crippen LogP contribution in [-0.4, -0.2) is 60.5 Å². The van der Waals surface area contributed by atoms with Crippen molar-refractivity contribution in [3.63, 3.8) is 0 Å². The van der Waals surface area contributed by atoms with E-state index in [1.165, 1.54) is 17.2 Å². The van der Waals surface area contributed by atoms with E-state index in [0.29, 0.717) is 11.2 Å². The first kappa shape index (κ1) is 15.2. The maximum absolute atomic E-state index is 11.7. The van der Waals surface area contributed by atoms with Crippen molar-refractivity contribution in [2.45, 2.75) is 37.4 Å². The van der Waals surface area contributed by atoms with Crippen molar-refractivity contribution in [3.8, 4) is 0 Å². The third kappa shape index (κ3) is 2.48. The second-order valence-electron chi connectivity index (χ2n) is 6.15. The maximum Gasteiger partial charge on any atom is 0.223 e. The molecule has 1 saturated carbocycles. The first-order chi connectivity index (χ1) is 11.6. The van der Waals surface area contributed by atoms with Crippen molar-refractivity contribution in [1.29, 1.82) is 0 Å². The van der Waals surface area contributed by atoms with Crippen LogP contribution in [0.15, 0.2) is 12.7 Å². The minimum Gasteiger partial charge on any atom is -0.387 e. The van der Waals surface area contributed by atoms with Crippen LogP contribution in [0.3, 0.4) is 0 Å². The van der Waals surface area contributed by atoms with Gasteiger partial charge >= 0.3 is 0 Å². The van der Waals surface area contributed by atoms with E-state index in [2.05, 4.69) is 20.3 Å². The molecule has 0 aromatic carbocycles. The van der Waals surface area contributed by atoms with Crippen LogP contribution in [0.25, 0.3) is 11.2 Å². The van der Waals surface area contributed by atoms with Crippen LogP contribution in [0.4, 0.5) is 5.82 Å². The number of hydrogen-bond acceptors (Lipinski definition) is 8. The molecule has 1 amide bonds. The monoisotopic (exact) mass is 334 g/mol. The number of carbonyl (C=O) groups is 1. The normalized spacial score (nSPS) is 29.9. The quantitative estimate of drug-likeness (QED) is 0.531. The summed E-state index contributed by atoms with van der Waals surface area (Å²) in [6, 6.07) is 0. The minimum absolute atomic E-state index is 0.0441. The lowest BCUT2D eigenvalue weighted by Gasteiger charge is -2.16. The number of ether oxygens (including phenoxy) is 1. The summed E-state index contributed by atoms with van der Waals surface area (Å²) in [6.07, 6.45) is 0.613. The number of nitrogens with one attached hydrogen (secondary N) is 1. The Morgan fingerprint density at radius 3 is 2.88 bits per heavy atom. The molecule has 0 bridgehead atoms. The molecule has 10 heteroatoms. The number of aliphatic hydroxyl groups is 2. The van der Waals surface area contributed by atoms with E-state index >= 15 is 0 Å². The Kier molecular flexibility index (Phi) is 3.59. The number of hydrogen-bond donors (Lipinski definition) is 4. The number of aromatic nitrogens is 4. The number of nitrogen functional groups attached to an aromatic ring is 1. The third-order valence-corrected chi connectivity index (χ3v) is 4.42. The number of amides is 1. The van der Waals surface area contributed by atoms with Crippen LogP contribution < -0.4 is 11.1 Å². The molecule has 0 radical (unpaired) electrons. The summed E-state index contributed by atoms with van der Waals surface area (Å²) in [5.74, 6) is 0.249. The zero-order valence-corrected chi connectivity index (χ0v) is 12.7. The molecule has 0 unspecified atom stereocenters. The van der Waals surface area contributed by atoms with E-state index in [-0.39, 0.29) is 24.2 Å². The number of aliphatic hydroxyl groups excluding tert-OH is 2. The zero-order valence-electron chi connectivity index (χ0n) is 12.7. The van der Waals surface area contributed by atoms with Crippen LogP contribution in [-0.2, 0) is 9.53 Å². The molecule has 10 nitrogen and oxygen atoms in total. The molecule has 1 aliphatic carbocycles. The largest absolute Gasteiger partial charge is 0.387 e. The van der Waals surface area contributed by atoms with Crippen molar-refractivity contribution >= 4 is 22.9 Å². The lowest BCUT2D eigenvalue weighted by Crippen LogP contribution is -2.40. The highest BCUT2D eigenvalue weighted by Gasteiger charge is 2.44. The summed E-state index contributed by atoms with van der Waals surface area (Å²) >= 11 is 0. The molecule has 5 N–H and O–H groups in total. The van der Waals surface area contributed by atoms with Gasteiger partial charge in [0.15, 0.2) is 17.7 Å².